The third-order valence-electron chi connectivity index (χ3n) is 2.01. The first-order valence-electron chi connectivity index (χ1n) is 5.27. The molecule has 0 fully saturated rings. The lowest BCUT2D eigenvalue weighted by Gasteiger charge is -2.07. The first-order chi connectivity index (χ1) is 8.85. The molecular weight excluding hydrogens is 288 g/mol. The minimum atomic E-state index is -3.85. The molecule has 104 valence electrons. The third-order valence-corrected chi connectivity index (χ3v) is 3.95. The number of carbonyl (C=O) groups excluding carboxylic acids is 2. The van der Waals surface area contributed by atoms with Crippen molar-refractivity contribution < 1.29 is 18.0 Å². The number of anilines is 1. The Morgan fingerprint density at radius 1 is 1.21 bits per heavy atom. The van der Waals surface area contributed by atoms with E-state index < -0.39 is 15.9 Å². The third kappa shape index (κ3) is 4.92. The fourth-order valence-corrected chi connectivity index (χ4v) is 2.70. The molecule has 0 aliphatic rings. The Morgan fingerprint density at radius 3 is 2.26 bits per heavy atom. The molecule has 0 aliphatic carbocycles. The lowest BCUT2D eigenvalue weighted by atomic mass is 10.3. The highest BCUT2D eigenvalue weighted by Gasteiger charge is 2.16. The van der Waals surface area contributed by atoms with Crippen LogP contribution in [0.25, 0.3) is 0 Å². The van der Waals surface area contributed by atoms with E-state index in [0.29, 0.717) is 5.69 Å². The molecule has 0 spiro atoms. The number of thioether (sulfide) groups is 1. The second-order valence-electron chi connectivity index (χ2n) is 3.67. The second-order valence-corrected chi connectivity index (χ2v) is 6.22. The Morgan fingerprint density at radius 2 is 1.79 bits per heavy atom. The highest BCUT2D eigenvalue weighted by atomic mass is 32.2. The number of nitrogens with one attached hydrogen (secondary N) is 2. The Hall–Kier alpha value is -1.54. The van der Waals surface area contributed by atoms with Crippen LogP contribution in [0.1, 0.15) is 6.92 Å². The highest BCUT2D eigenvalue weighted by molar-refractivity contribution is 7.99. The van der Waals surface area contributed by atoms with Crippen molar-refractivity contribution in [2.24, 2.45) is 0 Å². The quantitative estimate of drug-likeness (QED) is 0.840. The monoisotopic (exact) mass is 302 g/mol. The summed E-state index contributed by atoms with van der Waals surface area (Å²) in [5.41, 5.74) is 0.488. The number of benzene rings is 1. The van der Waals surface area contributed by atoms with Crippen LogP contribution >= 0.6 is 11.8 Å². The molecule has 2 N–H and O–H groups in total. The molecule has 6 nitrogen and oxygen atoms in total. The molecule has 8 heteroatoms. The van der Waals surface area contributed by atoms with Gasteiger partial charge in [0.25, 0.3) is 10.0 Å². The first-order valence-corrected chi connectivity index (χ1v) is 8.15. The van der Waals surface area contributed by atoms with E-state index in [0.717, 1.165) is 0 Å². The molecule has 0 heterocycles. The molecule has 0 radical (unpaired) electrons. The second kappa shape index (κ2) is 6.58. The summed E-state index contributed by atoms with van der Waals surface area (Å²) >= 11 is 1.23. The average molecular weight is 302 g/mol. The molecule has 0 unspecified atom stereocenters. The van der Waals surface area contributed by atoms with E-state index in [-0.39, 0.29) is 16.6 Å². The molecule has 1 aromatic carbocycles. The van der Waals surface area contributed by atoms with Gasteiger partial charge in [0, 0.05) is 12.6 Å². The molecule has 0 aromatic heterocycles. The number of sulfonamides is 1. The molecule has 0 saturated heterocycles. The summed E-state index contributed by atoms with van der Waals surface area (Å²) in [6.07, 6.45) is 1.70. The van der Waals surface area contributed by atoms with E-state index in [2.05, 4.69) is 5.32 Å². The minimum absolute atomic E-state index is 0.0314. The maximum Gasteiger partial charge on any atom is 0.264 e. The molecule has 1 rings (SSSR count). The van der Waals surface area contributed by atoms with Gasteiger partial charge in [0.2, 0.25) is 11.8 Å². The molecule has 1 aromatic rings. The Bertz CT molecular complexity index is 567. The molecule has 0 saturated carbocycles. The molecular formula is C11H14N2O4S2. The van der Waals surface area contributed by atoms with Gasteiger partial charge >= 0.3 is 0 Å². The van der Waals surface area contributed by atoms with E-state index in [4.69, 9.17) is 0 Å². The summed E-state index contributed by atoms with van der Waals surface area (Å²) in [6.45, 7) is 1.35. The number of hydrogen-bond acceptors (Lipinski definition) is 5. The molecule has 19 heavy (non-hydrogen) atoms. The number of amides is 2. The SMILES string of the molecule is CSCC(=O)NS(=O)(=O)c1ccc(NC(C)=O)cc1. The summed E-state index contributed by atoms with van der Waals surface area (Å²) in [5.74, 6) is -0.745. The fourth-order valence-electron chi connectivity index (χ4n) is 1.29. The van der Waals surface area contributed by atoms with Crippen molar-refractivity contribution in [3.8, 4) is 0 Å². The predicted molar refractivity (Wildman–Crippen MR) is 74.5 cm³/mol. The standard InChI is InChI=1S/C11H14N2O4S2/c1-8(14)12-9-3-5-10(6-4-9)19(16,17)13-11(15)7-18-2/h3-6H,7H2,1-2H3,(H,12,14)(H,13,15). The van der Waals surface area contributed by atoms with Crippen molar-refractivity contribution in [2.45, 2.75) is 11.8 Å². The summed E-state index contributed by atoms with van der Waals surface area (Å²) < 4.78 is 25.6. The van der Waals surface area contributed by atoms with Gasteiger partial charge in [-0.05, 0) is 30.5 Å². The zero-order valence-electron chi connectivity index (χ0n) is 10.5. The number of rotatable bonds is 5. The van der Waals surface area contributed by atoms with Crippen LogP contribution in [-0.2, 0) is 19.6 Å². The number of carbonyl (C=O) groups is 2. The van der Waals surface area contributed by atoms with Gasteiger partial charge in [-0.1, -0.05) is 0 Å². The maximum atomic E-state index is 11.8. The Kier molecular flexibility index (Phi) is 5.37. The van der Waals surface area contributed by atoms with Crippen LogP contribution in [0.5, 0.6) is 0 Å². The van der Waals surface area contributed by atoms with Crippen LogP contribution in [0, 0.1) is 0 Å². The Balaban J connectivity index is 2.84. The van der Waals surface area contributed by atoms with Crippen molar-refractivity contribution in [3.63, 3.8) is 0 Å². The van der Waals surface area contributed by atoms with Gasteiger partial charge in [-0.25, -0.2) is 13.1 Å². The molecule has 0 bridgehead atoms. The lowest BCUT2D eigenvalue weighted by molar-refractivity contribution is -0.117. The van der Waals surface area contributed by atoms with Crippen molar-refractivity contribution in [2.75, 3.05) is 17.3 Å². The average Bonchev–Trinajstić information content (AvgIpc) is 2.28. The van der Waals surface area contributed by atoms with Gasteiger partial charge in [-0.2, -0.15) is 11.8 Å². The van der Waals surface area contributed by atoms with Gasteiger partial charge in [-0.3, -0.25) is 9.59 Å². The van der Waals surface area contributed by atoms with Crippen molar-refractivity contribution in [1.82, 2.24) is 4.72 Å². The van der Waals surface area contributed by atoms with E-state index in [1.54, 1.807) is 6.26 Å². The van der Waals surface area contributed by atoms with E-state index in [9.17, 15) is 18.0 Å². The van der Waals surface area contributed by atoms with Crippen molar-refractivity contribution >= 4 is 39.3 Å². The minimum Gasteiger partial charge on any atom is -0.326 e. The highest BCUT2D eigenvalue weighted by Crippen LogP contribution is 2.14. The zero-order chi connectivity index (χ0) is 14.5. The topological polar surface area (TPSA) is 92.3 Å². The molecule has 2 amide bonds. The molecule has 0 aliphatic heterocycles. The van der Waals surface area contributed by atoms with E-state index in [1.807, 2.05) is 4.72 Å². The van der Waals surface area contributed by atoms with Crippen LogP contribution in [-0.4, -0.2) is 32.2 Å². The van der Waals surface area contributed by atoms with Gasteiger partial charge in [-0.15, -0.1) is 0 Å². The van der Waals surface area contributed by atoms with Gasteiger partial charge in [0.1, 0.15) is 0 Å². The number of hydrogen-bond donors (Lipinski definition) is 2. The van der Waals surface area contributed by atoms with E-state index in [1.165, 1.54) is 43.0 Å². The van der Waals surface area contributed by atoms with Gasteiger partial charge < -0.3 is 5.32 Å². The fraction of sp³-hybridized carbons (Fsp3) is 0.273. The summed E-state index contributed by atoms with van der Waals surface area (Å²) in [7, 11) is -3.85. The van der Waals surface area contributed by atoms with E-state index >= 15 is 0 Å². The van der Waals surface area contributed by atoms with Crippen LogP contribution in [0.15, 0.2) is 29.2 Å². The molecule has 0 atom stereocenters. The largest absolute Gasteiger partial charge is 0.326 e. The van der Waals surface area contributed by atoms with Crippen LogP contribution in [0.2, 0.25) is 0 Å². The lowest BCUT2D eigenvalue weighted by Crippen LogP contribution is -2.31. The van der Waals surface area contributed by atoms with Crippen molar-refractivity contribution in [1.29, 1.82) is 0 Å². The van der Waals surface area contributed by atoms with Gasteiger partial charge in [0.05, 0.1) is 10.6 Å². The van der Waals surface area contributed by atoms with Crippen LogP contribution < -0.4 is 10.0 Å². The van der Waals surface area contributed by atoms with Gasteiger partial charge in [0.15, 0.2) is 0 Å². The predicted octanol–water partition coefficient (Wildman–Crippen LogP) is 0.813. The first kappa shape index (κ1) is 15.5. The normalized spacial score (nSPS) is 10.8. The van der Waals surface area contributed by atoms with Crippen LogP contribution in [0.3, 0.4) is 0 Å². The maximum absolute atomic E-state index is 11.8. The summed E-state index contributed by atoms with van der Waals surface area (Å²) in [5, 5.41) is 2.52. The summed E-state index contributed by atoms with van der Waals surface area (Å²) in [4.78, 5) is 22.1. The smallest absolute Gasteiger partial charge is 0.264 e. The van der Waals surface area contributed by atoms with Crippen LogP contribution in [0.4, 0.5) is 5.69 Å². The zero-order valence-corrected chi connectivity index (χ0v) is 12.1. The van der Waals surface area contributed by atoms with Crippen molar-refractivity contribution in [3.05, 3.63) is 24.3 Å². The summed E-state index contributed by atoms with van der Waals surface area (Å²) in [6, 6.07) is 5.55. The Labute approximate surface area is 116 Å².